The molecule has 0 amide bonds. The summed E-state index contributed by atoms with van der Waals surface area (Å²) in [5, 5.41) is 10.8. The Balaban J connectivity index is 2.39. The Bertz CT molecular complexity index is 568. The van der Waals surface area contributed by atoms with Crippen LogP contribution >= 0.6 is 22.6 Å². The lowest BCUT2D eigenvalue weighted by Gasteiger charge is -2.06. The van der Waals surface area contributed by atoms with Gasteiger partial charge < -0.3 is 14.9 Å². The van der Waals surface area contributed by atoms with Crippen molar-refractivity contribution in [3.63, 3.8) is 0 Å². The number of hydrogen-bond acceptors (Lipinski definition) is 4. The third kappa shape index (κ3) is 2.38. The summed E-state index contributed by atoms with van der Waals surface area (Å²) in [6.07, 6.45) is 1.35. The van der Waals surface area contributed by atoms with Gasteiger partial charge in [0, 0.05) is 7.05 Å². The average molecular weight is 345 g/mol. The van der Waals surface area contributed by atoms with E-state index in [-0.39, 0.29) is 11.7 Å². The number of rotatable bonds is 3. The van der Waals surface area contributed by atoms with Gasteiger partial charge in [0.2, 0.25) is 6.33 Å². The van der Waals surface area contributed by atoms with Crippen molar-refractivity contribution in [2.24, 2.45) is 7.05 Å². The van der Waals surface area contributed by atoms with E-state index < -0.39 is 4.92 Å². The summed E-state index contributed by atoms with van der Waals surface area (Å²) in [6.45, 7) is 0. The first-order valence-corrected chi connectivity index (χ1v) is 5.75. The van der Waals surface area contributed by atoms with Gasteiger partial charge in [-0.2, -0.15) is 0 Å². The van der Waals surface area contributed by atoms with Crippen molar-refractivity contribution in [2.45, 2.75) is 0 Å². The zero-order chi connectivity index (χ0) is 12.4. The summed E-state index contributed by atoms with van der Waals surface area (Å²) >= 11 is 2.10. The third-order valence-electron chi connectivity index (χ3n) is 2.08. The molecular weight excluding hydrogens is 337 g/mol. The van der Waals surface area contributed by atoms with E-state index in [1.165, 1.54) is 10.9 Å². The minimum atomic E-state index is -0.564. The summed E-state index contributed by atoms with van der Waals surface area (Å²) in [7, 11) is 1.64. The lowest BCUT2D eigenvalue weighted by molar-refractivity contribution is -0.390. The smallest absolute Gasteiger partial charge is 0.427 e. The highest BCUT2D eigenvalue weighted by Gasteiger charge is 2.22. The molecule has 0 unspecified atom stereocenters. The van der Waals surface area contributed by atoms with Gasteiger partial charge in [0.25, 0.3) is 0 Å². The molecule has 17 heavy (non-hydrogen) atoms. The van der Waals surface area contributed by atoms with Crippen LogP contribution in [-0.2, 0) is 7.05 Å². The van der Waals surface area contributed by atoms with Crippen LogP contribution in [0.15, 0.2) is 30.6 Å². The van der Waals surface area contributed by atoms with Gasteiger partial charge in [-0.15, -0.1) is 0 Å². The summed E-state index contributed by atoms with van der Waals surface area (Å²) in [6, 6.07) is 7.28. The molecule has 2 aromatic rings. The van der Waals surface area contributed by atoms with E-state index in [0.29, 0.717) is 5.75 Å². The highest BCUT2D eigenvalue weighted by molar-refractivity contribution is 14.1. The highest BCUT2D eigenvalue weighted by atomic mass is 127. The van der Waals surface area contributed by atoms with Crippen molar-refractivity contribution >= 4 is 28.4 Å². The maximum Gasteiger partial charge on any atom is 0.427 e. The second kappa shape index (κ2) is 4.70. The van der Waals surface area contributed by atoms with E-state index in [0.717, 1.165) is 3.57 Å². The molecule has 0 saturated heterocycles. The van der Waals surface area contributed by atoms with Crippen LogP contribution in [0.5, 0.6) is 11.6 Å². The number of para-hydroxylation sites is 1. The molecule has 0 radical (unpaired) electrons. The van der Waals surface area contributed by atoms with Crippen LogP contribution in [0.4, 0.5) is 5.82 Å². The molecule has 7 heteroatoms. The van der Waals surface area contributed by atoms with Crippen LogP contribution in [0.25, 0.3) is 0 Å². The molecule has 0 saturated carbocycles. The maximum absolute atomic E-state index is 10.8. The van der Waals surface area contributed by atoms with Gasteiger partial charge in [-0.25, -0.2) is 0 Å². The van der Waals surface area contributed by atoms with Gasteiger partial charge in [-0.05, 0) is 44.6 Å². The van der Waals surface area contributed by atoms with E-state index in [1.807, 2.05) is 12.1 Å². The molecule has 88 valence electrons. The number of hydrogen-bond donors (Lipinski definition) is 0. The van der Waals surface area contributed by atoms with Crippen molar-refractivity contribution in [1.82, 2.24) is 9.55 Å². The minimum Gasteiger partial charge on any atom is -0.433 e. The highest BCUT2D eigenvalue weighted by Crippen LogP contribution is 2.31. The molecule has 1 aromatic heterocycles. The largest absolute Gasteiger partial charge is 0.433 e. The van der Waals surface area contributed by atoms with Crippen molar-refractivity contribution in [1.29, 1.82) is 0 Å². The molecule has 2 rings (SSSR count). The molecule has 0 aliphatic rings. The Morgan fingerprint density at radius 2 is 2.18 bits per heavy atom. The topological polar surface area (TPSA) is 70.2 Å². The standard InChI is InChI=1S/C10H8IN3O3/c1-13-6-12-9(14(15)16)10(13)17-8-5-3-2-4-7(8)11/h2-6H,1H3. The normalized spacial score (nSPS) is 10.2. The summed E-state index contributed by atoms with van der Waals surface area (Å²) in [5.41, 5.74) is 0. The maximum atomic E-state index is 10.8. The van der Waals surface area contributed by atoms with E-state index in [4.69, 9.17) is 4.74 Å². The van der Waals surface area contributed by atoms with Gasteiger partial charge in [-0.3, -0.25) is 4.57 Å². The predicted octanol–water partition coefficient (Wildman–Crippen LogP) is 2.73. The van der Waals surface area contributed by atoms with Crippen molar-refractivity contribution in [2.75, 3.05) is 0 Å². The molecule has 6 nitrogen and oxygen atoms in total. The lowest BCUT2D eigenvalue weighted by atomic mass is 10.3. The Kier molecular flexibility index (Phi) is 3.27. The SMILES string of the molecule is Cn1cnc([N+](=O)[O-])c1Oc1ccccc1I. The molecule has 0 fully saturated rings. The first-order chi connectivity index (χ1) is 8.09. The van der Waals surface area contributed by atoms with Crippen molar-refractivity contribution in [3.05, 3.63) is 44.3 Å². The summed E-state index contributed by atoms with van der Waals surface area (Å²) in [4.78, 5) is 13.9. The van der Waals surface area contributed by atoms with Gasteiger partial charge in [0.15, 0.2) is 0 Å². The minimum absolute atomic E-state index is 0.124. The van der Waals surface area contributed by atoms with E-state index >= 15 is 0 Å². The predicted molar refractivity (Wildman–Crippen MR) is 69.1 cm³/mol. The Hall–Kier alpha value is -1.64. The molecule has 0 spiro atoms. The van der Waals surface area contributed by atoms with Crippen LogP contribution in [0.1, 0.15) is 0 Å². The number of aromatic nitrogens is 2. The van der Waals surface area contributed by atoms with E-state index in [9.17, 15) is 10.1 Å². The quantitative estimate of drug-likeness (QED) is 0.487. The monoisotopic (exact) mass is 345 g/mol. The van der Waals surface area contributed by atoms with E-state index in [1.54, 1.807) is 19.2 Å². The van der Waals surface area contributed by atoms with Crippen molar-refractivity contribution < 1.29 is 9.66 Å². The van der Waals surface area contributed by atoms with Crippen LogP contribution in [0.3, 0.4) is 0 Å². The fourth-order valence-electron chi connectivity index (χ4n) is 1.28. The summed E-state index contributed by atoms with van der Waals surface area (Å²) < 4.78 is 7.87. The first-order valence-electron chi connectivity index (χ1n) is 4.67. The average Bonchev–Trinajstić information content (AvgIpc) is 2.64. The molecule has 1 heterocycles. The molecule has 1 aromatic carbocycles. The zero-order valence-corrected chi connectivity index (χ0v) is 11.0. The Morgan fingerprint density at radius 1 is 1.47 bits per heavy atom. The van der Waals surface area contributed by atoms with Gasteiger partial charge in [0.1, 0.15) is 5.75 Å². The van der Waals surface area contributed by atoms with Crippen LogP contribution in [0.2, 0.25) is 0 Å². The number of ether oxygens (including phenoxy) is 1. The number of benzene rings is 1. The number of nitro groups is 1. The van der Waals surface area contributed by atoms with Gasteiger partial charge in [-0.1, -0.05) is 12.1 Å². The molecule has 0 aliphatic heterocycles. The van der Waals surface area contributed by atoms with Crippen LogP contribution in [-0.4, -0.2) is 14.5 Å². The number of nitrogens with zero attached hydrogens (tertiary/aromatic N) is 3. The van der Waals surface area contributed by atoms with Crippen molar-refractivity contribution in [3.8, 4) is 11.6 Å². The van der Waals surface area contributed by atoms with Crippen LogP contribution < -0.4 is 4.74 Å². The third-order valence-corrected chi connectivity index (χ3v) is 2.97. The zero-order valence-electron chi connectivity index (χ0n) is 8.83. The number of halogens is 1. The molecule has 0 aliphatic carbocycles. The van der Waals surface area contributed by atoms with Gasteiger partial charge in [0.05, 0.1) is 3.57 Å². The molecule has 0 N–H and O–H groups in total. The number of aryl methyl sites for hydroxylation is 1. The summed E-state index contributed by atoms with van der Waals surface area (Å²) in [5.74, 6) is 0.408. The van der Waals surface area contributed by atoms with Gasteiger partial charge >= 0.3 is 11.7 Å². The Morgan fingerprint density at radius 3 is 2.82 bits per heavy atom. The molecule has 0 bridgehead atoms. The fourth-order valence-corrected chi connectivity index (χ4v) is 1.78. The fraction of sp³-hybridized carbons (Fsp3) is 0.100. The lowest BCUT2D eigenvalue weighted by Crippen LogP contribution is -1.97. The van der Waals surface area contributed by atoms with E-state index in [2.05, 4.69) is 27.6 Å². The second-order valence-corrected chi connectivity index (χ2v) is 4.44. The Labute approximate surface area is 111 Å². The number of imidazole rings is 1. The van der Waals surface area contributed by atoms with Crippen LogP contribution in [0, 0.1) is 13.7 Å². The molecule has 0 atom stereocenters. The molecular formula is C10H8IN3O3. The second-order valence-electron chi connectivity index (χ2n) is 3.27. The first kappa shape index (κ1) is 11.8.